The Kier molecular flexibility index (Phi) is 12.7. The van der Waals surface area contributed by atoms with Crippen LogP contribution in [0.3, 0.4) is 0 Å². The zero-order chi connectivity index (χ0) is 13.6. The zero-order valence-electron chi connectivity index (χ0n) is 12.7. The molecule has 0 aliphatic carbocycles. The second-order valence-corrected chi connectivity index (χ2v) is 5.19. The highest BCUT2D eigenvalue weighted by Crippen LogP contribution is 1.82. The smallest absolute Gasteiger partial charge is 0.0135 e. The van der Waals surface area contributed by atoms with E-state index in [0.29, 0.717) is 0 Å². The maximum Gasteiger partial charge on any atom is 0.0135 e. The minimum atomic E-state index is 0.979. The van der Waals surface area contributed by atoms with Gasteiger partial charge in [-0.05, 0) is 67.2 Å². The van der Waals surface area contributed by atoms with Crippen LogP contribution in [-0.4, -0.2) is 77.3 Å². The fourth-order valence-corrected chi connectivity index (χ4v) is 1.58. The molecule has 0 aliphatic rings. The normalized spacial score (nSPS) is 12.1. The van der Waals surface area contributed by atoms with Crippen LogP contribution in [0.25, 0.3) is 0 Å². The van der Waals surface area contributed by atoms with E-state index in [1.54, 1.807) is 0 Å². The van der Waals surface area contributed by atoms with E-state index in [-0.39, 0.29) is 0 Å². The van der Waals surface area contributed by atoms with Gasteiger partial charge in [0.25, 0.3) is 0 Å². The Hall–Kier alpha value is -0.420. The summed E-state index contributed by atoms with van der Waals surface area (Å²) in [5, 5.41) is 6.82. The van der Waals surface area contributed by atoms with Crippen molar-refractivity contribution >= 4 is 0 Å². The summed E-state index contributed by atoms with van der Waals surface area (Å²) in [7, 11) is 8.45. The van der Waals surface area contributed by atoms with E-state index in [2.05, 4.69) is 60.8 Å². The Morgan fingerprint density at radius 1 is 0.722 bits per heavy atom. The molecular formula is C14H32N4. The number of hydrogen-bond donors (Lipinski definition) is 2. The van der Waals surface area contributed by atoms with Crippen molar-refractivity contribution < 1.29 is 0 Å². The van der Waals surface area contributed by atoms with Gasteiger partial charge in [0.15, 0.2) is 0 Å². The van der Waals surface area contributed by atoms with Crippen LogP contribution in [0.5, 0.6) is 0 Å². The molecular weight excluding hydrogens is 224 g/mol. The van der Waals surface area contributed by atoms with Crippen LogP contribution < -0.4 is 10.6 Å². The van der Waals surface area contributed by atoms with Crippen molar-refractivity contribution in [3.05, 3.63) is 12.2 Å². The average Bonchev–Trinajstić information content (AvgIpc) is 2.29. The Balaban J connectivity index is 3.09. The summed E-state index contributed by atoms with van der Waals surface area (Å²) < 4.78 is 0. The molecule has 108 valence electrons. The highest BCUT2D eigenvalue weighted by atomic mass is 15.1. The van der Waals surface area contributed by atoms with Gasteiger partial charge in [0.1, 0.15) is 0 Å². The molecule has 4 nitrogen and oxygen atoms in total. The molecule has 0 aliphatic heterocycles. The van der Waals surface area contributed by atoms with Crippen molar-refractivity contribution in [3.8, 4) is 0 Å². The summed E-state index contributed by atoms with van der Waals surface area (Å²) in [5.74, 6) is 0. The molecule has 0 aromatic carbocycles. The van der Waals surface area contributed by atoms with Crippen molar-refractivity contribution in [2.75, 3.05) is 67.5 Å². The first-order chi connectivity index (χ1) is 8.63. The molecule has 0 atom stereocenters. The lowest BCUT2D eigenvalue weighted by molar-refractivity contribution is 0.396. The second-order valence-electron chi connectivity index (χ2n) is 5.19. The minimum absolute atomic E-state index is 0.979. The molecule has 0 amide bonds. The van der Waals surface area contributed by atoms with Crippen molar-refractivity contribution in [2.45, 2.75) is 12.8 Å². The summed E-state index contributed by atoms with van der Waals surface area (Å²) in [5.41, 5.74) is 0. The summed E-state index contributed by atoms with van der Waals surface area (Å²) in [6.45, 7) is 6.46. The van der Waals surface area contributed by atoms with Crippen molar-refractivity contribution in [1.29, 1.82) is 0 Å². The molecule has 0 spiro atoms. The van der Waals surface area contributed by atoms with Crippen molar-refractivity contribution in [1.82, 2.24) is 20.4 Å². The van der Waals surface area contributed by atoms with Crippen molar-refractivity contribution in [3.63, 3.8) is 0 Å². The second kappa shape index (κ2) is 13.0. The van der Waals surface area contributed by atoms with Crippen LogP contribution in [0, 0.1) is 0 Å². The summed E-state index contributed by atoms with van der Waals surface area (Å²) in [4.78, 5) is 4.43. The summed E-state index contributed by atoms with van der Waals surface area (Å²) >= 11 is 0. The van der Waals surface area contributed by atoms with Crippen LogP contribution in [0.1, 0.15) is 12.8 Å². The molecule has 0 aromatic heterocycles. The molecule has 0 heterocycles. The van der Waals surface area contributed by atoms with Gasteiger partial charge in [0.2, 0.25) is 0 Å². The molecule has 4 heteroatoms. The molecule has 0 rings (SSSR count). The third-order valence-corrected chi connectivity index (χ3v) is 2.61. The van der Waals surface area contributed by atoms with Crippen LogP contribution in [0.4, 0.5) is 0 Å². The van der Waals surface area contributed by atoms with Gasteiger partial charge < -0.3 is 20.4 Å². The Morgan fingerprint density at radius 3 is 1.44 bits per heavy atom. The number of nitrogens with one attached hydrogen (secondary N) is 2. The van der Waals surface area contributed by atoms with Gasteiger partial charge in [-0.2, -0.15) is 0 Å². The van der Waals surface area contributed by atoms with Crippen LogP contribution in [0.15, 0.2) is 12.2 Å². The first-order valence-electron chi connectivity index (χ1n) is 6.99. The molecule has 18 heavy (non-hydrogen) atoms. The molecule has 0 bridgehead atoms. The molecule has 0 saturated heterocycles. The highest BCUT2D eigenvalue weighted by molar-refractivity contribution is 4.85. The maximum absolute atomic E-state index is 3.41. The highest BCUT2D eigenvalue weighted by Gasteiger charge is 1.90. The van der Waals surface area contributed by atoms with E-state index < -0.39 is 0 Å². The van der Waals surface area contributed by atoms with E-state index in [1.807, 2.05) is 0 Å². The largest absolute Gasteiger partial charge is 0.313 e. The van der Waals surface area contributed by atoms with Gasteiger partial charge in [-0.15, -0.1) is 0 Å². The van der Waals surface area contributed by atoms with Crippen LogP contribution in [-0.2, 0) is 0 Å². The van der Waals surface area contributed by atoms with Gasteiger partial charge in [-0.25, -0.2) is 0 Å². The number of nitrogens with zero attached hydrogens (tertiary/aromatic N) is 2. The molecule has 2 N–H and O–H groups in total. The minimum Gasteiger partial charge on any atom is -0.313 e. The fourth-order valence-electron chi connectivity index (χ4n) is 1.58. The Morgan fingerprint density at radius 2 is 1.11 bits per heavy atom. The predicted molar refractivity (Wildman–Crippen MR) is 81.2 cm³/mol. The number of rotatable bonds is 12. The quantitative estimate of drug-likeness (QED) is 0.396. The number of hydrogen-bond acceptors (Lipinski definition) is 4. The molecule has 0 fully saturated rings. The van der Waals surface area contributed by atoms with Gasteiger partial charge in [-0.1, -0.05) is 12.2 Å². The molecule has 0 aromatic rings. The third kappa shape index (κ3) is 15.6. The lowest BCUT2D eigenvalue weighted by Gasteiger charge is -2.09. The molecule has 0 unspecified atom stereocenters. The Labute approximate surface area is 113 Å². The summed E-state index contributed by atoms with van der Waals surface area (Å²) in [6, 6.07) is 0. The summed E-state index contributed by atoms with van der Waals surface area (Å²) in [6.07, 6.45) is 6.83. The van der Waals surface area contributed by atoms with Gasteiger partial charge in [0, 0.05) is 13.1 Å². The molecule has 0 saturated carbocycles. The lowest BCUT2D eigenvalue weighted by Crippen LogP contribution is -2.22. The fraction of sp³-hybridized carbons (Fsp3) is 0.857. The zero-order valence-corrected chi connectivity index (χ0v) is 12.7. The third-order valence-electron chi connectivity index (χ3n) is 2.61. The van der Waals surface area contributed by atoms with Gasteiger partial charge >= 0.3 is 0 Å². The SMILES string of the molecule is CN(C)CCCNC/C=C/CNCCCN(C)C. The van der Waals surface area contributed by atoms with E-state index in [9.17, 15) is 0 Å². The van der Waals surface area contributed by atoms with Crippen LogP contribution in [0.2, 0.25) is 0 Å². The van der Waals surface area contributed by atoms with E-state index in [1.165, 1.54) is 12.8 Å². The van der Waals surface area contributed by atoms with Gasteiger partial charge in [0.05, 0.1) is 0 Å². The average molecular weight is 256 g/mol. The first-order valence-corrected chi connectivity index (χ1v) is 6.99. The monoisotopic (exact) mass is 256 g/mol. The topological polar surface area (TPSA) is 30.5 Å². The maximum atomic E-state index is 3.41. The van der Waals surface area contributed by atoms with E-state index >= 15 is 0 Å². The van der Waals surface area contributed by atoms with Crippen molar-refractivity contribution in [2.24, 2.45) is 0 Å². The van der Waals surface area contributed by atoms with E-state index in [0.717, 1.165) is 39.3 Å². The van der Waals surface area contributed by atoms with Gasteiger partial charge in [-0.3, -0.25) is 0 Å². The lowest BCUT2D eigenvalue weighted by atomic mass is 10.4. The predicted octanol–water partition coefficient (Wildman–Crippen LogP) is 0.625. The first kappa shape index (κ1) is 17.6. The molecule has 0 radical (unpaired) electrons. The van der Waals surface area contributed by atoms with Crippen LogP contribution >= 0.6 is 0 Å². The Bertz CT molecular complexity index is 170. The van der Waals surface area contributed by atoms with E-state index in [4.69, 9.17) is 0 Å². The standard InChI is InChI=1S/C14H32N4/c1-17(2)13-7-11-15-9-5-6-10-16-12-8-14-18(3)4/h5-6,15-16H,7-14H2,1-4H3/b6-5+.